The van der Waals surface area contributed by atoms with Gasteiger partial charge in [0, 0.05) is 5.31 Å². The molecule has 0 atom stereocenters. The van der Waals surface area contributed by atoms with Crippen molar-refractivity contribution < 1.29 is 13.6 Å². The minimum atomic E-state index is -3.02. The Morgan fingerprint density at radius 1 is 1.23 bits per heavy atom. The highest BCUT2D eigenvalue weighted by Gasteiger charge is 2.26. The highest BCUT2D eigenvalue weighted by atomic mass is 31.2. The molecule has 0 aliphatic carbocycles. The fourth-order valence-electron chi connectivity index (χ4n) is 0.985. The van der Waals surface area contributed by atoms with Crippen molar-refractivity contribution in [2.75, 3.05) is 13.2 Å². The molecule has 0 aromatic heterocycles. The molecule has 0 unspecified atom stereocenters. The van der Waals surface area contributed by atoms with E-state index in [4.69, 9.17) is 9.05 Å². The number of rotatable bonds is 7. The van der Waals surface area contributed by atoms with E-state index in [2.05, 4.69) is 6.58 Å². The molecule has 0 aromatic rings. The van der Waals surface area contributed by atoms with Gasteiger partial charge in [-0.05, 0) is 20.3 Å². The van der Waals surface area contributed by atoms with Crippen LogP contribution in [0.3, 0.4) is 0 Å². The van der Waals surface area contributed by atoms with Gasteiger partial charge in [-0.15, -0.1) is 0 Å². The normalized spacial score (nSPS) is 11.6. The molecule has 0 N–H and O–H groups in total. The average Bonchev–Trinajstić information content (AvgIpc) is 2.05. The molecule has 78 valence electrons. The third-order valence-electron chi connectivity index (χ3n) is 1.52. The first-order valence-corrected chi connectivity index (χ1v) is 6.22. The Morgan fingerprint density at radius 3 is 2.00 bits per heavy atom. The van der Waals surface area contributed by atoms with Crippen molar-refractivity contribution in [2.45, 2.75) is 33.6 Å². The summed E-state index contributed by atoms with van der Waals surface area (Å²) >= 11 is 0. The predicted molar refractivity (Wildman–Crippen MR) is 54.9 cm³/mol. The van der Waals surface area contributed by atoms with Crippen LogP contribution in [-0.2, 0) is 13.6 Å². The van der Waals surface area contributed by atoms with Gasteiger partial charge >= 0.3 is 7.60 Å². The largest absolute Gasteiger partial charge is 0.356 e. The van der Waals surface area contributed by atoms with Gasteiger partial charge in [-0.3, -0.25) is 4.57 Å². The predicted octanol–water partition coefficient (Wildman–Crippen LogP) is 3.57. The fraction of sp³-hybridized carbons (Fsp3) is 0.778. The van der Waals surface area contributed by atoms with Crippen LogP contribution in [0.2, 0.25) is 0 Å². The molecular formula is C9H19O3P. The lowest BCUT2D eigenvalue weighted by Gasteiger charge is -2.18. The number of hydrogen-bond donors (Lipinski definition) is 0. The Bertz CT molecular complexity index is 191. The Kier molecular flexibility index (Phi) is 6.31. The zero-order chi connectivity index (χ0) is 10.3. The van der Waals surface area contributed by atoms with Crippen molar-refractivity contribution in [3.05, 3.63) is 11.9 Å². The van der Waals surface area contributed by atoms with E-state index >= 15 is 0 Å². The molecule has 4 heteroatoms. The van der Waals surface area contributed by atoms with Crippen LogP contribution in [0.4, 0.5) is 0 Å². The first-order valence-electron chi connectivity index (χ1n) is 4.68. The molecule has 0 heterocycles. The zero-order valence-corrected chi connectivity index (χ0v) is 9.60. The Balaban J connectivity index is 4.38. The fourth-order valence-corrected chi connectivity index (χ4v) is 2.60. The van der Waals surface area contributed by atoms with Gasteiger partial charge in [0.1, 0.15) is 0 Å². The van der Waals surface area contributed by atoms with E-state index in [-0.39, 0.29) is 0 Å². The maximum atomic E-state index is 12.0. The van der Waals surface area contributed by atoms with Crippen molar-refractivity contribution in [1.82, 2.24) is 0 Å². The second kappa shape index (κ2) is 6.36. The summed E-state index contributed by atoms with van der Waals surface area (Å²) in [5.41, 5.74) is 0. The van der Waals surface area contributed by atoms with Crippen LogP contribution < -0.4 is 0 Å². The van der Waals surface area contributed by atoms with Crippen LogP contribution in [0.25, 0.3) is 0 Å². The van der Waals surface area contributed by atoms with E-state index in [1.165, 1.54) is 0 Å². The van der Waals surface area contributed by atoms with E-state index in [0.717, 1.165) is 6.42 Å². The monoisotopic (exact) mass is 206 g/mol. The van der Waals surface area contributed by atoms with Crippen LogP contribution in [0.1, 0.15) is 33.6 Å². The molecule has 0 fully saturated rings. The lowest BCUT2D eigenvalue weighted by atomic mass is 10.3. The quantitative estimate of drug-likeness (QED) is 0.597. The second-order valence-corrected chi connectivity index (χ2v) is 4.79. The van der Waals surface area contributed by atoms with Crippen molar-refractivity contribution >= 4 is 7.60 Å². The summed E-state index contributed by atoms with van der Waals surface area (Å²) in [6.07, 6.45) is 1.60. The molecule has 3 nitrogen and oxygen atoms in total. The lowest BCUT2D eigenvalue weighted by molar-refractivity contribution is 0.225. The molecule has 0 aliphatic rings. The maximum Gasteiger partial charge on any atom is 0.356 e. The third kappa shape index (κ3) is 4.08. The van der Waals surface area contributed by atoms with Gasteiger partial charge in [0.2, 0.25) is 0 Å². The highest BCUT2D eigenvalue weighted by Crippen LogP contribution is 2.56. The summed E-state index contributed by atoms with van der Waals surface area (Å²) in [5, 5.41) is 0.582. The smallest absolute Gasteiger partial charge is 0.306 e. The standard InChI is InChI=1S/C9H19O3P/c1-5-8-9(4)13(10,11-6-2)12-7-3/h4-8H2,1-3H3. The minimum absolute atomic E-state index is 0.389. The van der Waals surface area contributed by atoms with Crippen LogP contribution in [-0.4, -0.2) is 13.2 Å². The first kappa shape index (κ1) is 12.9. The Hall–Kier alpha value is -0.110. The van der Waals surface area contributed by atoms with Gasteiger partial charge in [-0.25, -0.2) is 0 Å². The molecule has 0 aliphatic heterocycles. The second-order valence-electron chi connectivity index (χ2n) is 2.65. The van der Waals surface area contributed by atoms with Gasteiger partial charge in [-0.1, -0.05) is 19.9 Å². The van der Waals surface area contributed by atoms with Crippen LogP contribution in [0.5, 0.6) is 0 Å². The molecule has 0 amide bonds. The van der Waals surface area contributed by atoms with E-state index < -0.39 is 7.60 Å². The molecule has 13 heavy (non-hydrogen) atoms. The van der Waals surface area contributed by atoms with Crippen molar-refractivity contribution in [3.63, 3.8) is 0 Å². The van der Waals surface area contributed by atoms with Crippen molar-refractivity contribution in [2.24, 2.45) is 0 Å². The summed E-state index contributed by atoms with van der Waals surface area (Å²) in [5.74, 6) is 0. The topological polar surface area (TPSA) is 35.5 Å². The molecule has 0 saturated heterocycles. The zero-order valence-electron chi connectivity index (χ0n) is 8.71. The lowest BCUT2D eigenvalue weighted by Crippen LogP contribution is -1.97. The molecule has 0 aromatic carbocycles. The maximum absolute atomic E-state index is 12.0. The summed E-state index contributed by atoms with van der Waals surface area (Å²) in [6.45, 7) is 10.1. The molecule has 0 rings (SSSR count). The van der Waals surface area contributed by atoms with Gasteiger partial charge in [0.25, 0.3) is 0 Å². The SMILES string of the molecule is C=C(CCC)P(=O)(OCC)OCC. The number of hydrogen-bond acceptors (Lipinski definition) is 3. The Morgan fingerprint density at radius 2 is 1.69 bits per heavy atom. The summed E-state index contributed by atoms with van der Waals surface area (Å²) in [4.78, 5) is 0. The van der Waals surface area contributed by atoms with Gasteiger partial charge < -0.3 is 9.05 Å². The first-order chi connectivity index (χ1) is 6.10. The van der Waals surface area contributed by atoms with Crippen LogP contribution in [0.15, 0.2) is 11.9 Å². The Labute approximate surface area is 80.7 Å². The van der Waals surface area contributed by atoms with E-state index in [9.17, 15) is 4.57 Å². The average molecular weight is 206 g/mol. The summed E-state index contributed by atoms with van der Waals surface area (Å²) in [7, 11) is -3.02. The van der Waals surface area contributed by atoms with Crippen molar-refractivity contribution in [3.8, 4) is 0 Å². The number of allylic oxidation sites excluding steroid dienone is 1. The summed E-state index contributed by atoms with van der Waals surface area (Å²) < 4.78 is 22.2. The van der Waals surface area contributed by atoms with Gasteiger partial charge in [0.05, 0.1) is 13.2 Å². The summed E-state index contributed by atoms with van der Waals surface area (Å²) in [6, 6.07) is 0. The third-order valence-corrected chi connectivity index (χ3v) is 3.72. The van der Waals surface area contributed by atoms with E-state index in [1.807, 2.05) is 6.92 Å². The van der Waals surface area contributed by atoms with E-state index in [0.29, 0.717) is 24.9 Å². The molecular weight excluding hydrogens is 187 g/mol. The molecule has 0 radical (unpaired) electrons. The molecule has 0 spiro atoms. The van der Waals surface area contributed by atoms with Crippen LogP contribution >= 0.6 is 7.60 Å². The van der Waals surface area contributed by atoms with Crippen molar-refractivity contribution in [1.29, 1.82) is 0 Å². The minimum Gasteiger partial charge on any atom is -0.306 e. The molecule has 0 bridgehead atoms. The van der Waals surface area contributed by atoms with Gasteiger partial charge in [0.15, 0.2) is 0 Å². The van der Waals surface area contributed by atoms with E-state index in [1.54, 1.807) is 13.8 Å². The highest BCUT2D eigenvalue weighted by molar-refractivity contribution is 7.58. The van der Waals surface area contributed by atoms with Crippen LogP contribution in [0, 0.1) is 0 Å². The van der Waals surface area contributed by atoms with Gasteiger partial charge in [-0.2, -0.15) is 0 Å². The molecule has 0 saturated carbocycles.